The van der Waals surface area contributed by atoms with E-state index in [1.54, 1.807) is 25.3 Å². The highest BCUT2D eigenvalue weighted by atomic mass is 35.5. The summed E-state index contributed by atoms with van der Waals surface area (Å²) in [7, 11) is 3.00. The van der Waals surface area contributed by atoms with Crippen LogP contribution in [0.25, 0.3) is 0 Å². The number of carbonyl (C=O) groups is 2. The van der Waals surface area contributed by atoms with Crippen LogP contribution in [0.1, 0.15) is 58.9 Å². The van der Waals surface area contributed by atoms with E-state index in [0.29, 0.717) is 28.4 Å². The minimum absolute atomic E-state index is 0.101. The van der Waals surface area contributed by atoms with Gasteiger partial charge in [-0.2, -0.15) is 0 Å². The maximum absolute atomic E-state index is 13.3. The third kappa shape index (κ3) is 8.17. The number of esters is 1. The summed E-state index contributed by atoms with van der Waals surface area (Å²) in [6, 6.07) is 23.0. The van der Waals surface area contributed by atoms with E-state index in [0.717, 1.165) is 42.1 Å². The summed E-state index contributed by atoms with van der Waals surface area (Å²) >= 11 is 6.35. The van der Waals surface area contributed by atoms with Gasteiger partial charge in [0.1, 0.15) is 18.1 Å². The largest absolute Gasteiger partial charge is 0.497 e. The van der Waals surface area contributed by atoms with Gasteiger partial charge in [0.05, 0.1) is 36.9 Å². The Labute approximate surface area is 252 Å². The summed E-state index contributed by atoms with van der Waals surface area (Å²) in [5.41, 5.74) is 5.05. The Morgan fingerprint density at radius 2 is 1.55 bits per heavy atom. The Kier molecular flexibility index (Phi) is 10.7. The molecular weight excluding hydrogens is 552 g/mol. The minimum Gasteiger partial charge on any atom is -0.497 e. The maximum atomic E-state index is 13.3. The average molecular weight is 589 g/mol. The number of rotatable bonds is 13. The van der Waals surface area contributed by atoms with E-state index in [1.807, 2.05) is 48.7 Å². The van der Waals surface area contributed by atoms with Crippen LogP contribution in [0, 0.1) is 0 Å². The third-order valence-electron chi connectivity index (χ3n) is 7.01. The molecule has 3 aromatic carbocycles. The van der Waals surface area contributed by atoms with Gasteiger partial charge in [-0.3, -0.25) is 9.59 Å². The highest BCUT2D eigenvalue weighted by Crippen LogP contribution is 2.27. The van der Waals surface area contributed by atoms with Crippen molar-refractivity contribution in [3.63, 3.8) is 0 Å². The second-order valence-electron chi connectivity index (χ2n) is 10.4. The van der Waals surface area contributed by atoms with E-state index >= 15 is 0 Å². The molecular formula is C34H37ClN2O5. The SMILES string of the molecule is COC(=O)Cc1ccc(Cl)c(NC(=O)c2ccn(CCCc3ccc(OCc4ccc(OC)cc4)cc3)c2C(C)C)c1. The predicted molar refractivity (Wildman–Crippen MR) is 166 cm³/mol. The second kappa shape index (κ2) is 14.6. The number of hydrogen-bond donors (Lipinski definition) is 1. The van der Waals surface area contributed by atoms with Gasteiger partial charge in [-0.25, -0.2) is 0 Å². The molecule has 0 fully saturated rings. The molecule has 42 heavy (non-hydrogen) atoms. The smallest absolute Gasteiger partial charge is 0.309 e. The molecule has 8 heteroatoms. The fourth-order valence-electron chi connectivity index (χ4n) is 4.82. The lowest BCUT2D eigenvalue weighted by Gasteiger charge is -2.15. The van der Waals surface area contributed by atoms with E-state index in [9.17, 15) is 9.59 Å². The fraction of sp³-hybridized carbons (Fsp3) is 0.294. The highest BCUT2D eigenvalue weighted by Gasteiger charge is 2.20. The number of aryl methyl sites for hydroxylation is 2. The maximum Gasteiger partial charge on any atom is 0.309 e. The van der Waals surface area contributed by atoms with Crippen LogP contribution in [0.2, 0.25) is 5.02 Å². The van der Waals surface area contributed by atoms with Crippen molar-refractivity contribution < 1.29 is 23.8 Å². The molecule has 1 heterocycles. The number of nitrogens with one attached hydrogen (secondary N) is 1. The van der Waals surface area contributed by atoms with Gasteiger partial charge in [-0.1, -0.05) is 55.8 Å². The lowest BCUT2D eigenvalue weighted by Crippen LogP contribution is -2.16. The predicted octanol–water partition coefficient (Wildman–Crippen LogP) is 7.45. The van der Waals surface area contributed by atoms with Gasteiger partial charge in [0.15, 0.2) is 0 Å². The van der Waals surface area contributed by atoms with Crippen molar-refractivity contribution in [2.24, 2.45) is 0 Å². The molecule has 0 bridgehead atoms. The zero-order chi connectivity index (χ0) is 30.1. The molecule has 0 saturated carbocycles. The monoisotopic (exact) mass is 588 g/mol. The molecule has 0 aliphatic rings. The van der Waals surface area contributed by atoms with Crippen LogP contribution in [-0.2, 0) is 35.5 Å². The van der Waals surface area contributed by atoms with E-state index in [-0.39, 0.29) is 24.2 Å². The molecule has 0 saturated heterocycles. The van der Waals surface area contributed by atoms with E-state index < -0.39 is 0 Å². The van der Waals surface area contributed by atoms with Gasteiger partial charge in [0.2, 0.25) is 0 Å². The van der Waals surface area contributed by atoms with Crippen LogP contribution in [0.3, 0.4) is 0 Å². The normalized spacial score (nSPS) is 10.9. The zero-order valence-electron chi connectivity index (χ0n) is 24.5. The molecule has 0 spiro atoms. The van der Waals surface area contributed by atoms with Crippen molar-refractivity contribution >= 4 is 29.2 Å². The number of nitrogens with zero attached hydrogens (tertiary/aromatic N) is 1. The Morgan fingerprint density at radius 1 is 0.881 bits per heavy atom. The first kappa shape index (κ1) is 30.7. The molecule has 0 atom stereocenters. The number of ether oxygens (including phenoxy) is 3. The van der Waals surface area contributed by atoms with E-state index in [4.69, 9.17) is 25.8 Å². The minimum atomic E-state index is -0.359. The van der Waals surface area contributed by atoms with Crippen LogP contribution >= 0.6 is 11.6 Å². The number of amides is 1. The Hall–Kier alpha value is -4.23. The van der Waals surface area contributed by atoms with E-state index in [1.165, 1.54) is 12.7 Å². The second-order valence-corrected chi connectivity index (χ2v) is 10.8. The van der Waals surface area contributed by atoms with Crippen LogP contribution in [0.5, 0.6) is 11.5 Å². The molecule has 1 amide bonds. The van der Waals surface area contributed by atoms with Gasteiger partial charge in [-0.05, 0) is 77.9 Å². The molecule has 4 aromatic rings. The first-order valence-electron chi connectivity index (χ1n) is 14.0. The molecule has 7 nitrogen and oxygen atoms in total. The van der Waals surface area contributed by atoms with Crippen molar-refractivity contribution in [3.05, 3.63) is 112 Å². The molecule has 0 unspecified atom stereocenters. The summed E-state index contributed by atoms with van der Waals surface area (Å²) in [5, 5.41) is 3.33. The van der Waals surface area contributed by atoms with Gasteiger partial charge >= 0.3 is 5.97 Å². The molecule has 1 aromatic heterocycles. The van der Waals surface area contributed by atoms with Crippen molar-refractivity contribution in [3.8, 4) is 11.5 Å². The summed E-state index contributed by atoms with van der Waals surface area (Å²) in [5.74, 6) is 1.20. The highest BCUT2D eigenvalue weighted by molar-refractivity contribution is 6.34. The van der Waals surface area contributed by atoms with Gasteiger partial charge in [-0.15, -0.1) is 0 Å². The van der Waals surface area contributed by atoms with Crippen LogP contribution in [-0.4, -0.2) is 30.7 Å². The Bertz CT molecular complexity index is 1490. The molecule has 4 rings (SSSR count). The summed E-state index contributed by atoms with van der Waals surface area (Å²) in [6.45, 7) is 5.44. The Balaban J connectivity index is 1.34. The van der Waals surface area contributed by atoms with Crippen molar-refractivity contribution in [1.82, 2.24) is 4.57 Å². The lowest BCUT2D eigenvalue weighted by atomic mass is 10.0. The van der Waals surface area contributed by atoms with Crippen LogP contribution < -0.4 is 14.8 Å². The zero-order valence-corrected chi connectivity index (χ0v) is 25.2. The molecule has 220 valence electrons. The van der Waals surface area contributed by atoms with Crippen molar-refractivity contribution in [1.29, 1.82) is 0 Å². The number of carbonyl (C=O) groups excluding carboxylic acids is 2. The van der Waals surface area contributed by atoms with E-state index in [2.05, 4.69) is 35.9 Å². The molecule has 0 aliphatic carbocycles. The third-order valence-corrected chi connectivity index (χ3v) is 7.34. The number of halogens is 1. The lowest BCUT2D eigenvalue weighted by molar-refractivity contribution is -0.139. The van der Waals surface area contributed by atoms with Gasteiger partial charge < -0.3 is 24.1 Å². The summed E-state index contributed by atoms with van der Waals surface area (Å²) in [4.78, 5) is 25.0. The number of hydrogen-bond acceptors (Lipinski definition) is 5. The number of methoxy groups -OCH3 is 2. The molecule has 0 aliphatic heterocycles. The first-order valence-corrected chi connectivity index (χ1v) is 14.4. The first-order chi connectivity index (χ1) is 20.3. The average Bonchev–Trinajstić information content (AvgIpc) is 3.43. The summed E-state index contributed by atoms with van der Waals surface area (Å²) in [6.07, 6.45) is 3.89. The topological polar surface area (TPSA) is 78.8 Å². The quantitative estimate of drug-likeness (QED) is 0.164. The molecule has 0 radical (unpaired) electrons. The van der Waals surface area contributed by atoms with Crippen LogP contribution in [0.15, 0.2) is 79.0 Å². The van der Waals surface area contributed by atoms with Gasteiger partial charge in [0, 0.05) is 18.4 Å². The standard InChI is InChI=1S/C34H37ClN2O5/c1-23(2)33-29(34(39)36-31-20-26(11-16-30(31)35)21-32(38)41-4)17-19-37(33)18-5-6-24-7-14-28(15-8-24)42-22-25-9-12-27(40-3)13-10-25/h7-17,19-20,23H,5-6,18,21-22H2,1-4H3,(H,36,39). The van der Waals surface area contributed by atoms with Crippen LogP contribution in [0.4, 0.5) is 5.69 Å². The number of benzene rings is 3. The molecule has 1 N–H and O–H groups in total. The van der Waals surface area contributed by atoms with Gasteiger partial charge in [0.25, 0.3) is 5.91 Å². The van der Waals surface area contributed by atoms with Crippen molar-refractivity contribution in [2.45, 2.75) is 52.2 Å². The van der Waals surface area contributed by atoms with Crippen molar-refractivity contribution in [2.75, 3.05) is 19.5 Å². The number of aromatic nitrogens is 1. The summed E-state index contributed by atoms with van der Waals surface area (Å²) < 4.78 is 18.0. The fourth-order valence-corrected chi connectivity index (χ4v) is 4.98. The number of anilines is 1. The Morgan fingerprint density at radius 3 is 2.21 bits per heavy atom.